The molecule has 0 saturated carbocycles. The lowest BCUT2D eigenvalue weighted by Crippen LogP contribution is -2.29. The molecule has 122 valence electrons. The van der Waals surface area contributed by atoms with Crippen LogP contribution in [0.2, 0.25) is 0 Å². The van der Waals surface area contributed by atoms with Crippen LogP contribution in [0.1, 0.15) is 47.3 Å². The Balaban J connectivity index is 1.91. The normalized spacial score (nSPS) is 16.8. The van der Waals surface area contributed by atoms with Crippen LogP contribution in [-0.4, -0.2) is 21.9 Å². The third-order valence-electron chi connectivity index (χ3n) is 5.03. The van der Waals surface area contributed by atoms with Crippen LogP contribution in [0.3, 0.4) is 0 Å². The van der Waals surface area contributed by atoms with Crippen molar-refractivity contribution in [3.8, 4) is 0 Å². The van der Waals surface area contributed by atoms with Gasteiger partial charge in [0.15, 0.2) is 0 Å². The van der Waals surface area contributed by atoms with E-state index in [0.29, 0.717) is 0 Å². The van der Waals surface area contributed by atoms with Crippen LogP contribution in [0.15, 0.2) is 54.7 Å². The molecular formula is C21H22N2O. The maximum Gasteiger partial charge on any atom is 0.255 e. The summed E-state index contributed by atoms with van der Waals surface area (Å²) in [6.07, 6.45) is 4.30. The zero-order valence-electron chi connectivity index (χ0n) is 14.2. The first-order valence-corrected chi connectivity index (χ1v) is 8.66. The van der Waals surface area contributed by atoms with E-state index < -0.39 is 0 Å². The molecule has 0 bridgehead atoms. The van der Waals surface area contributed by atoms with Crippen molar-refractivity contribution in [2.24, 2.45) is 7.05 Å². The largest absolute Gasteiger partial charge is 0.350 e. The van der Waals surface area contributed by atoms with Crippen LogP contribution in [0.4, 0.5) is 0 Å². The molecule has 0 spiro atoms. The monoisotopic (exact) mass is 318 g/mol. The summed E-state index contributed by atoms with van der Waals surface area (Å²) in [4.78, 5) is 15.0. The molecule has 1 aromatic heterocycles. The van der Waals surface area contributed by atoms with Gasteiger partial charge in [0.1, 0.15) is 0 Å². The van der Waals surface area contributed by atoms with Gasteiger partial charge in [-0.25, -0.2) is 0 Å². The molecule has 1 atom stereocenters. The zero-order chi connectivity index (χ0) is 16.7. The Hall–Kier alpha value is -2.55. The molecule has 2 aromatic carbocycles. The van der Waals surface area contributed by atoms with Gasteiger partial charge in [-0.2, -0.15) is 0 Å². The van der Waals surface area contributed by atoms with Gasteiger partial charge in [-0.05, 0) is 24.1 Å². The maximum atomic E-state index is 12.9. The second-order valence-corrected chi connectivity index (χ2v) is 6.55. The van der Waals surface area contributed by atoms with Crippen molar-refractivity contribution in [2.45, 2.75) is 25.8 Å². The first-order chi connectivity index (χ1) is 11.7. The molecule has 0 fully saturated rings. The Morgan fingerprint density at radius 3 is 2.58 bits per heavy atom. The number of benzene rings is 2. The Labute approximate surface area is 142 Å². The molecule has 3 heteroatoms. The SMILES string of the molecule is CCCCN1C(=O)c2ccccc2[C@@H]1c1cn(C)c2ccccc12. The van der Waals surface area contributed by atoms with Crippen LogP contribution in [0, 0.1) is 0 Å². The minimum absolute atomic E-state index is 0.0198. The topological polar surface area (TPSA) is 25.2 Å². The molecule has 4 rings (SSSR count). The Morgan fingerprint density at radius 1 is 1.00 bits per heavy atom. The Bertz CT molecular complexity index is 909. The molecular weight excluding hydrogens is 296 g/mol. The molecule has 3 aromatic rings. The lowest BCUT2D eigenvalue weighted by Gasteiger charge is -2.25. The minimum Gasteiger partial charge on any atom is -0.350 e. The summed E-state index contributed by atoms with van der Waals surface area (Å²) in [5, 5.41) is 1.23. The number of rotatable bonds is 4. The van der Waals surface area contributed by atoms with E-state index >= 15 is 0 Å². The van der Waals surface area contributed by atoms with Gasteiger partial charge in [0, 0.05) is 41.8 Å². The van der Waals surface area contributed by atoms with E-state index in [1.165, 1.54) is 16.5 Å². The van der Waals surface area contributed by atoms with Gasteiger partial charge in [0.25, 0.3) is 5.91 Å². The number of hydrogen-bond acceptors (Lipinski definition) is 1. The molecule has 3 nitrogen and oxygen atoms in total. The third kappa shape index (κ3) is 2.15. The molecule has 1 amide bonds. The summed E-state index contributed by atoms with van der Waals surface area (Å²) in [7, 11) is 2.07. The maximum absolute atomic E-state index is 12.9. The van der Waals surface area contributed by atoms with Gasteiger partial charge in [0.2, 0.25) is 0 Å². The third-order valence-corrected chi connectivity index (χ3v) is 5.03. The summed E-state index contributed by atoms with van der Waals surface area (Å²) in [6, 6.07) is 16.5. The molecule has 2 heterocycles. The van der Waals surface area contributed by atoms with Gasteiger partial charge in [0.05, 0.1) is 6.04 Å². The van der Waals surface area contributed by atoms with E-state index in [-0.39, 0.29) is 11.9 Å². The average molecular weight is 318 g/mol. The van der Waals surface area contributed by atoms with Crippen LogP contribution in [0.25, 0.3) is 10.9 Å². The van der Waals surface area contributed by atoms with Crippen molar-refractivity contribution in [3.63, 3.8) is 0 Å². The summed E-state index contributed by atoms with van der Waals surface area (Å²) in [6.45, 7) is 2.97. The van der Waals surface area contributed by atoms with Crippen LogP contribution < -0.4 is 0 Å². The lowest BCUT2D eigenvalue weighted by molar-refractivity contribution is 0.0748. The standard InChI is InChI=1S/C21H22N2O/c1-3-4-13-23-20(16-10-5-6-11-17(16)21(23)24)18-14-22(2)19-12-8-7-9-15(18)19/h5-12,14,20H,3-4,13H2,1-2H3/t20-/m1/s1. The molecule has 0 saturated heterocycles. The van der Waals surface area contributed by atoms with E-state index in [1.54, 1.807) is 0 Å². The smallest absolute Gasteiger partial charge is 0.255 e. The number of amides is 1. The van der Waals surface area contributed by atoms with Gasteiger partial charge in [-0.1, -0.05) is 49.7 Å². The van der Waals surface area contributed by atoms with E-state index in [2.05, 4.69) is 60.0 Å². The number of para-hydroxylation sites is 1. The van der Waals surface area contributed by atoms with E-state index in [4.69, 9.17) is 0 Å². The van der Waals surface area contributed by atoms with Crippen molar-refractivity contribution in [1.82, 2.24) is 9.47 Å². The van der Waals surface area contributed by atoms with E-state index in [9.17, 15) is 4.79 Å². The highest BCUT2D eigenvalue weighted by Gasteiger charge is 2.38. The first kappa shape index (κ1) is 15.0. The van der Waals surface area contributed by atoms with Crippen molar-refractivity contribution >= 4 is 16.8 Å². The van der Waals surface area contributed by atoms with Crippen LogP contribution in [0.5, 0.6) is 0 Å². The predicted molar refractivity (Wildman–Crippen MR) is 97.1 cm³/mol. The molecule has 24 heavy (non-hydrogen) atoms. The predicted octanol–water partition coefficient (Wildman–Crippen LogP) is 4.52. The van der Waals surface area contributed by atoms with Crippen LogP contribution >= 0.6 is 0 Å². The summed E-state index contributed by atoms with van der Waals surface area (Å²) < 4.78 is 2.16. The van der Waals surface area contributed by atoms with E-state index in [0.717, 1.165) is 30.5 Å². The number of aryl methyl sites for hydroxylation is 1. The van der Waals surface area contributed by atoms with Crippen LogP contribution in [-0.2, 0) is 7.05 Å². The van der Waals surface area contributed by atoms with Crippen molar-refractivity contribution in [1.29, 1.82) is 0 Å². The number of hydrogen-bond donors (Lipinski definition) is 0. The van der Waals surface area contributed by atoms with Gasteiger partial charge >= 0.3 is 0 Å². The fourth-order valence-electron chi connectivity index (χ4n) is 3.86. The fourth-order valence-corrected chi connectivity index (χ4v) is 3.86. The lowest BCUT2D eigenvalue weighted by atomic mass is 9.97. The molecule has 1 aliphatic rings. The highest BCUT2D eigenvalue weighted by molar-refractivity contribution is 6.00. The second-order valence-electron chi connectivity index (χ2n) is 6.55. The van der Waals surface area contributed by atoms with Gasteiger partial charge in [-0.15, -0.1) is 0 Å². The fraction of sp³-hybridized carbons (Fsp3) is 0.286. The highest BCUT2D eigenvalue weighted by atomic mass is 16.2. The summed E-state index contributed by atoms with van der Waals surface area (Å²) >= 11 is 0. The summed E-state index contributed by atoms with van der Waals surface area (Å²) in [5.41, 5.74) is 4.42. The average Bonchev–Trinajstić information content (AvgIpc) is 3.09. The number of unbranched alkanes of at least 4 members (excludes halogenated alkanes) is 1. The zero-order valence-corrected chi connectivity index (χ0v) is 14.2. The van der Waals surface area contributed by atoms with Gasteiger partial charge < -0.3 is 9.47 Å². The first-order valence-electron chi connectivity index (χ1n) is 8.66. The Kier molecular flexibility index (Phi) is 3.64. The quantitative estimate of drug-likeness (QED) is 0.694. The molecule has 0 N–H and O–H groups in total. The number of carbonyl (C=O) groups excluding carboxylic acids is 1. The van der Waals surface area contributed by atoms with Crippen molar-refractivity contribution in [3.05, 3.63) is 71.4 Å². The molecule has 0 radical (unpaired) electrons. The van der Waals surface area contributed by atoms with Crippen molar-refractivity contribution < 1.29 is 4.79 Å². The number of nitrogens with zero attached hydrogens (tertiary/aromatic N) is 2. The highest BCUT2D eigenvalue weighted by Crippen LogP contribution is 2.41. The van der Waals surface area contributed by atoms with Gasteiger partial charge in [-0.3, -0.25) is 4.79 Å². The second kappa shape index (κ2) is 5.82. The molecule has 1 aliphatic heterocycles. The Morgan fingerprint density at radius 2 is 1.75 bits per heavy atom. The number of carbonyl (C=O) groups is 1. The molecule has 0 aliphatic carbocycles. The summed E-state index contributed by atoms with van der Waals surface area (Å²) in [5.74, 6) is 0.164. The number of fused-ring (bicyclic) bond motifs is 2. The van der Waals surface area contributed by atoms with Crippen molar-refractivity contribution in [2.75, 3.05) is 6.54 Å². The minimum atomic E-state index is 0.0198. The van der Waals surface area contributed by atoms with E-state index in [1.807, 2.05) is 18.2 Å². The molecule has 0 unspecified atom stereocenters. The number of aromatic nitrogens is 1.